The van der Waals surface area contributed by atoms with Crippen LogP contribution in [0.25, 0.3) is 0 Å². The van der Waals surface area contributed by atoms with Gasteiger partial charge in [0.15, 0.2) is 0 Å². The summed E-state index contributed by atoms with van der Waals surface area (Å²) in [4.78, 5) is 26.6. The van der Waals surface area contributed by atoms with Gasteiger partial charge in [-0.25, -0.2) is 0 Å². The molecule has 1 fully saturated rings. The lowest BCUT2D eigenvalue weighted by molar-refractivity contribution is -0.138. The van der Waals surface area contributed by atoms with Crippen molar-refractivity contribution in [2.24, 2.45) is 17.8 Å². The fraction of sp³-hybridized carbons (Fsp3) is 0.484. The minimum atomic E-state index is -1.03. The van der Waals surface area contributed by atoms with Gasteiger partial charge in [-0.1, -0.05) is 74.9 Å². The van der Waals surface area contributed by atoms with Crippen LogP contribution in [0.4, 0.5) is 0 Å². The van der Waals surface area contributed by atoms with Crippen LogP contribution >= 0.6 is 0 Å². The molecule has 2 aromatic rings. The van der Waals surface area contributed by atoms with Gasteiger partial charge in [-0.15, -0.1) is 0 Å². The lowest BCUT2D eigenvalue weighted by atomic mass is 9.68. The number of benzene rings is 2. The number of amides is 1. The monoisotopic (exact) mass is 504 g/mol. The van der Waals surface area contributed by atoms with Crippen molar-refractivity contribution in [1.82, 2.24) is 10.2 Å². The highest BCUT2D eigenvalue weighted by atomic mass is 16.5. The normalized spacial score (nSPS) is 25.0. The van der Waals surface area contributed by atoms with Crippen LogP contribution in [0.5, 0.6) is 5.75 Å². The van der Waals surface area contributed by atoms with Crippen molar-refractivity contribution < 1.29 is 19.4 Å². The van der Waals surface area contributed by atoms with E-state index in [2.05, 4.69) is 62.2 Å². The van der Waals surface area contributed by atoms with Crippen molar-refractivity contribution in [1.29, 1.82) is 0 Å². The first kappa shape index (κ1) is 26.9. The first-order chi connectivity index (χ1) is 17.7. The van der Waals surface area contributed by atoms with Crippen LogP contribution in [-0.2, 0) is 15.0 Å². The predicted molar refractivity (Wildman–Crippen MR) is 146 cm³/mol. The molecular weight excluding hydrogens is 464 g/mol. The minimum Gasteiger partial charge on any atom is -0.493 e. The number of nitrogens with zero attached hydrogens (tertiary/aromatic N) is 1. The predicted octanol–water partition coefficient (Wildman–Crippen LogP) is 4.86. The van der Waals surface area contributed by atoms with Crippen LogP contribution < -0.4 is 10.1 Å². The van der Waals surface area contributed by atoms with E-state index in [1.54, 1.807) is 0 Å². The largest absolute Gasteiger partial charge is 0.493 e. The molecule has 0 saturated carbocycles. The molecule has 5 atom stereocenters. The zero-order valence-electron chi connectivity index (χ0n) is 22.4. The van der Waals surface area contributed by atoms with Gasteiger partial charge in [0.1, 0.15) is 12.3 Å². The maximum Gasteiger partial charge on any atom is 0.322 e. The van der Waals surface area contributed by atoms with Crippen LogP contribution in [0.3, 0.4) is 0 Å². The molecule has 6 nitrogen and oxygen atoms in total. The van der Waals surface area contributed by atoms with Gasteiger partial charge in [0, 0.05) is 19.0 Å². The molecule has 0 spiro atoms. The maximum absolute atomic E-state index is 13.1. The Hall–Kier alpha value is -3.12. The Morgan fingerprint density at radius 3 is 2.57 bits per heavy atom. The topological polar surface area (TPSA) is 78.9 Å². The molecule has 0 radical (unpaired) electrons. The number of carbonyl (C=O) groups is 2. The number of carbonyl (C=O) groups excluding carboxylic acids is 1. The summed E-state index contributed by atoms with van der Waals surface area (Å²) in [6.45, 7) is 11.5. The second-order valence-corrected chi connectivity index (χ2v) is 11.1. The average molecular weight is 505 g/mol. The third-order valence-electron chi connectivity index (χ3n) is 8.56. The van der Waals surface area contributed by atoms with Gasteiger partial charge in [-0.05, 0) is 60.4 Å². The Bertz CT molecular complexity index is 1130. The number of carboxylic acid groups (broad SMARTS) is 1. The fourth-order valence-electron chi connectivity index (χ4n) is 5.52. The first-order valence-corrected chi connectivity index (χ1v) is 13.4. The zero-order valence-corrected chi connectivity index (χ0v) is 22.4. The molecule has 6 heteroatoms. The van der Waals surface area contributed by atoms with E-state index in [4.69, 9.17) is 9.84 Å². The number of carboxylic acids is 1. The summed E-state index contributed by atoms with van der Waals surface area (Å²) < 4.78 is 6.07. The number of nitrogens with one attached hydrogen (secondary N) is 1. The molecule has 0 aromatic heterocycles. The minimum absolute atomic E-state index is 0.00965. The second kappa shape index (κ2) is 11.5. The smallest absolute Gasteiger partial charge is 0.322 e. The van der Waals surface area contributed by atoms with E-state index >= 15 is 0 Å². The molecule has 1 aliphatic carbocycles. The van der Waals surface area contributed by atoms with Gasteiger partial charge >= 0.3 is 5.97 Å². The molecule has 198 valence electrons. The van der Waals surface area contributed by atoms with E-state index in [1.807, 2.05) is 36.4 Å². The summed E-state index contributed by atoms with van der Waals surface area (Å²) in [6, 6.07) is 18.5. The second-order valence-electron chi connectivity index (χ2n) is 11.1. The fourth-order valence-corrected chi connectivity index (χ4v) is 5.52. The van der Waals surface area contributed by atoms with Crippen molar-refractivity contribution >= 4 is 11.9 Å². The molecule has 37 heavy (non-hydrogen) atoms. The molecule has 2 N–H and O–H groups in total. The van der Waals surface area contributed by atoms with E-state index in [9.17, 15) is 9.59 Å². The van der Waals surface area contributed by atoms with Crippen molar-refractivity contribution in [2.45, 2.75) is 45.4 Å². The van der Waals surface area contributed by atoms with Crippen LogP contribution in [0.15, 0.2) is 66.2 Å². The molecule has 0 bridgehead atoms. The quantitative estimate of drug-likeness (QED) is 0.427. The van der Waals surface area contributed by atoms with Crippen molar-refractivity contribution in [3.8, 4) is 5.75 Å². The lowest BCUT2D eigenvalue weighted by Crippen LogP contribution is -2.50. The van der Waals surface area contributed by atoms with E-state index in [0.29, 0.717) is 25.0 Å². The summed E-state index contributed by atoms with van der Waals surface area (Å²) in [6.07, 6.45) is 3.21. The summed E-state index contributed by atoms with van der Waals surface area (Å²) in [5, 5.41) is 11.7. The Morgan fingerprint density at radius 2 is 1.92 bits per heavy atom. The number of rotatable bonds is 11. The third-order valence-corrected chi connectivity index (χ3v) is 8.56. The Labute approximate surface area is 220 Å². The van der Waals surface area contributed by atoms with Crippen LogP contribution in [0.1, 0.15) is 51.2 Å². The Balaban J connectivity index is 1.43. The summed E-state index contributed by atoms with van der Waals surface area (Å²) >= 11 is 0. The molecule has 4 rings (SSSR count). The number of hydrogen-bond donors (Lipinski definition) is 2. The molecule has 1 saturated heterocycles. The van der Waals surface area contributed by atoms with E-state index in [-0.39, 0.29) is 29.7 Å². The third kappa shape index (κ3) is 6.61. The molecule has 2 aliphatic rings. The van der Waals surface area contributed by atoms with E-state index in [1.165, 1.54) is 11.1 Å². The Morgan fingerprint density at radius 1 is 1.19 bits per heavy atom. The number of hydrogen-bond acceptors (Lipinski definition) is 4. The van der Waals surface area contributed by atoms with Gasteiger partial charge in [0.2, 0.25) is 5.91 Å². The van der Waals surface area contributed by atoms with E-state index in [0.717, 1.165) is 30.8 Å². The van der Waals surface area contributed by atoms with Gasteiger partial charge in [0.05, 0.1) is 12.5 Å². The van der Waals surface area contributed by atoms with Gasteiger partial charge in [-0.3, -0.25) is 9.59 Å². The molecule has 2 unspecified atom stereocenters. The molecular formula is C31H40N2O4. The van der Waals surface area contributed by atoms with Crippen LogP contribution in [0, 0.1) is 17.8 Å². The van der Waals surface area contributed by atoms with E-state index < -0.39 is 5.97 Å². The molecule has 1 aliphatic heterocycles. The summed E-state index contributed by atoms with van der Waals surface area (Å²) in [5.41, 5.74) is 3.79. The SMILES string of the molecule is CC1=CC1COc1cccc([C@]2(C)CCN(CC(C(=O)NCC(=O)O)[C@H](C)c3ccccc3)C[C@@H]2C)c1. The number of piperidine rings is 1. The summed E-state index contributed by atoms with van der Waals surface area (Å²) in [7, 11) is 0. The zero-order chi connectivity index (χ0) is 26.6. The van der Waals surface area contributed by atoms with Crippen molar-refractivity contribution in [3.05, 3.63) is 77.4 Å². The highest BCUT2D eigenvalue weighted by molar-refractivity contribution is 5.83. The van der Waals surface area contributed by atoms with Gasteiger partial charge in [0.25, 0.3) is 0 Å². The average Bonchev–Trinajstić information content (AvgIpc) is 3.61. The number of aliphatic carboxylic acids is 1. The lowest BCUT2D eigenvalue weighted by Gasteiger charge is -2.46. The molecule has 2 aromatic carbocycles. The first-order valence-electron chi connectivity index (χ1n) is 13.4. The highest BCUT2D eigenvalue weighted by Crippen LogP contribution is 2.41. The number of likely N-dealkylation sites (tertiary alicyclic amines) is 1. The van der Waals surface area contributed by atoms with Gasteiger partial charge < -0.3 is 20.1 Å². The molecule has 1 heterocycles. The molecule has 1 amide bonds. The highest BCUT2D eigenvalue weighted by Gasteiger charge is 2.40. The maximum atomic E-state index is 13.1. The standard InChI is InChI=1S/C31H40N2O4/c1-21-15-25(21)20-37-27-12-8-11-26(16-27)31(4)13-14-33(18-22(31)2)19-28(30(36)32-17-29(34)35)23(3)24-9-6-5-7-10-24/h5-12,15-16,22-23,25,28H,13-14,17-20H2,1-4H3,(H,32,36)(H,34,35)/t22-,23+,25?,28?,31+/m0/s1. The van der Waals surface area contributed by atoms with Crippen LogP contribution in [0.2, 0.25) is 0 Å². The van der Waals surface area contributed by atoms with Crippen LogP contribution in [-0.4, -0.2) is 54.7 Å². The van der Waals surface area contributed by atoms with Crippen molar-refractivity contribution in [2.75, 3.05) is 32.8 Å². The van der Waals surface area contributed by atoms with Gasteiger partial charge in [-0.2, -0.15) is 0 Å². The Kier molecular flexibility index (Phi) is 8.38. The van der Waals surface area contributed by atoms with Crippen molar-refractivity contribution in [3.63, 3.8) is 0 Å². The number of ether oxygens (including phenoxy) is 1. The summed E-state index contributed by atoms with van der Waals surface area (Å²) in [5.74, 6) is 0.181.